The molecule has 0 fully saturated rings. The molecule has 0 aromatic rings. The van der Waals surface area contributed by atoms with Crippen LogP contribution in [0.5, 0.6) is 0 Å². The summed E-state index contributed by atoms with van der Waals surface area (Å²) in [5.41, 5.74) is 0. The van der Waals surface area contributed by atoms with Crippen molar-refractivity contribution in [1.29, 1.82) is 0 Å². The van der Waals surface area contributed by atoms with Gasteiger partial charge in [-0.3, -0.25) is 0 Å². The van der Waals surface area contributed by atoms with E-state index < -0.39 is 23.0 Å². The van der Waals surface area contributed by atoms with Gasteiger partial charge in [0, 0.05) is 0 Å². The van der Waals surface area contributed by atoms with E-state index in [2.05, 4.69) is 30.4 Å². The van der Waals surface area contributed by atoms with Gasteiger partial charge in [0.25, 0.3) is 0 Å². The molecule has 0 saturated carbocycles. The van der Waals surface area contributed by atoms with Crippen LogP contribution >= 0.6 is 0 Å². The van der Waals surface area contributed by atoms with E-state index >= 15 is 0 Å². The van der Waals surface area contributed by atoms with Gasteiger partial charge in [-0.25, -0.2) is 0 Å². The molecule has 0 N–H and O–H groups in total. The minimum absolute atomic E-state index is 1.31. The molecule has 2 heteroatoms. The summed E-state index contributed by atoms with van der Waals surface area (Å²) in [4.78, 5) is 0. The van der Waals surface area contributed by atoms with E-state index in [9.17, 15) is 0 Å². The first-order chi connectivity index (χ1) is 5.79. The zero-order chi connectivity index (χ0) is 9.40. The summed E-state index contributed by atoms with van der Waals surface area (Å²) in [5.74, 6) is 0. The fourth-order valence-electron chi connectivity index (χ4n) is 1.92. The molecule has 0 amide bonds. The van der Waals surface area contributed by atoms with Crippen molar-refractivity contribution < 1.29 is 0 Å². The van der Waals surface area contributed by atoms with Crippen LogP contribution in [-0.4, -0.2) is 38.8 Å². The molecule has 0 aliphatic rings. The molecule has 0 aromatic heterocycles. The fourth-order valence-corrected chi connectivity index (χ4v) is 15.1. The molecule has 72 valence electrons. The molecule has 0 radical (unpaired) electrons. The Morgan fingerprint density at radius 3 is 1.50 bits per heavy atom. The van der Waals surface area contributed by atoms with E-state index in [0.29, 0.717) is 0 Å². The number of hydrogen-bond acceptors (Lipinski definition) is 1. The normalized spacial score (nSPS) is 10.8. The van der Waals surface area contributed by atoms with Crippen molar-refractivity contribution in [1.82, 2.24) is 2.71 Å². The molecule has 12 heavy (non-hydrogen) atoms. The molecule has 0 aromatic carbocycles. The summed E-state index contributed by atoms with van der Waals surface area (Å²) in [6.07, 6.45) is 2.84. The third-order valence-corrected chi connectivity index (χ3v) is 19.1. The Balaban J connectivity index is 3.86. The number of rotatable bonds is 7. The molecule has 0 unspecified atom stereocenters. The van der Waals surface area contributed by atoms with E-state index in [1.54, 1.807) is 7.96 Å². The average molecular weight is 363 g/mol. The van der Waals surface area contributed by atoms with E-state index in [1.807, 2.05) is 0 Å². The van der Waals surface area contributed by atoms with Gasteiger partial charge >= 0.3 is 87.3 Å². The maximum atomic E-state index is 2.81. The van der Waals surface area contributed by atoms with Crippen LogP contribution in [0.15, 0.2) is 0 Å². The van der Waals surface area contributed by atoms with Gasteiger partial charge in [-0.1, -0.05) is 0 Å². The fraction of sp³-hybridized carbons (Fsp3) is 1.00. The van der Waals surface area contributed by atoms with Gasteiger partial charge in [-0.15, -0.1) is 0 Å². The van der Waals surface area contributed by atoms with Crippen molar-refractivity contribution in [3.05, 3.63) is 0 Å². The molecule has 0 heterocycles. The standard InChI is InChI=1S/C4H10N.2C3H7.Tl/c1-3-5-4-2;2*1-3-2;/h3-4H2,1-2H3;2*1,3H2,2H3;/q-1;;;+1. The Morgan fingerprint density at radius 2 is 1.25 bits per heavy atom. The summed E-state index contributed by atoms with van der Waals surface area (Å²) in [5, 5.41) is 0. The first kappa shape index (κ1) is 12.9. The van der Waals surface area contributed by atoms with Crippen LogP contribution in [-0.2, 0) is 0 Å². The number of hydrogen-bond donors (Lipinski definition) is 0. The average Bonchev–Trinajstić information content (AvgIpc) is 2.07. The summed E-state index contributed by atoms with van der Waals surface area (Å²) in [6.45, 7) is 11.9. The van der Waals surface area contributed by atoms with E-state index in [0.717, 1.165) is 0 Å². The van der Waals surface area contributed by atoms with Gasteiger partial charge in [0.2, 0.25) is 0 Å². The third-order valence-electron chi connectivity index (χ3n) is 2.57. The van der Waals surface area contributed by atoms with E-state index in [1.165, 1.54) is 25.9 Å². The molecular formula is C10H24NTl. The summed E-state index contributed by atoms with van der Waals surface area (Å²) in [7, 11) is 0. The van der Waals surface area contributed by atoms with Crippen LogP contribution in [0.4, 0.5) is 0 Å². The molecule has 1 nitrogen and oxygen atoms in total. The van der Waals surface area contributed by atoms with Crippen LogP contribution < -0.4 is 0 Å². The van der Waals surface area contributed by atoms with Crippen LogP contribution in [0, 0.1) is 0 Å². The maximum absolute atomic E-state index is 2.81. The van der Waals surface area contributed by atoms with Gasteiger partial charge in [0.1, 0.15) is 0 Å². The first-order valence-electron chi connectivity index (χ1n) is 5.54. The molecule has 0 aliphatic carbocycles. The molecule has 0 saturated heterocycles. The first-order valence-corrected chi connectivity index (χ1v) is 13.9. The second-order valence-electron chi connectivity index (χ2n) is 3.45. The van der Waals surface area contributed by atoms with Crippen molar-refractivity contribution in [2.75, 3.05) is 13.1 Å². The van der Waals surface area contributed by atoms with Crippen LogP contribution in [0.1, 0.15) is 40.5 Å². The molecule has 0 atom stereocenters. The van der Waals surface area contributed by atoms with E-state index in [-0.39, 0.29) is 0 Å². The molecular weight excluding hydrogens is 339 g/mol. The van der Waals surface area contributed by atoms with Gasteiger partial charge in [-0.2, -0.15) is 0 Å². The van der Waals surface area contributed by atoms with Crippen LogP contribution in [0.25, 0.3) is 0 Å². The third kappa shape index (κ3) is 4.80. The topological polar surface area (TPSA) is 3.24 Å². The molecule has 0 aliphatic heterocycles. The Labute approximate surface area is 87.1 Å². The van der Waals surface area contributed by atoms with Gasteiger partial charge in [0.15, 0.2) is 0 Å². The minimum atomic E-state index is -1.33. The molecule has 0 spiro atoms. The summed E-state index contributed by atoms with van der Waals surface area (Å²) < 4.78 is 6.00. The SMILES string of the molecule is CC[CH2][Tl]([CH2]CC)[N](CC)CC. The Kier molecular flexibility index (Phi) is 9.10. The Morgan fingerprint density at radius 1 is 0.833 bits per heavy atom. The van der Waals surface area contributed by atoms with Gasteiger partial charge in [-0.05, 0) is 0 Å². The second-order valence-corrected chi connectivity index (χ2v) is 15.9. The quantitative estimate of drug-likeness (QED) is 0.629. The second kappa shape index (κ2) is 8.48. The van der Waals surface area contributed by atoms with Gasteiger partial charge in [0.05, 0.1) is 0 Å². The number of nitrogens with zero attached hydrogens (tertiary/aromatic N) is 1. The Hall–Kier alpha value is 0.882. The molecule has 0 bridgehead atoms. The predicted octanol–water partition coefficient (Wildman–Crippen LogP) is 3.14. The predicted molar refractivity (Wildman–Crippen MR) is 58.9 cm³/mol. The van der Waals surface area contributed by atoms with Crippen molar-refractivity contribution in [2.24, 2.45) is 0 Å². The monoisotopic (exact) mass is 363 g/mol. The van der Waals surface area contributed by atoms with Crippen molar-refractivity contribution in [3.8, 4) is 0 Å². The van der Waals surface area contributed by atoms with Crippen molar-refractivity contribution in [2.45, 2.75) is 48.5 Å². The van der Waals surface area contributed by atoms with Crippen molar-refractivity contribution >= 4 is 23.0 Å². The summed E-state index contributed by atoms with van der Waals surface area (Å²) in [6, 6.07) is 0. The van der Waals surface area contributed by atoms with Gasteiger partial charge < -0.3 is 0 Å². The molecule has 0 rings (SSSR count). The zero-order valence-electron chi connectivity index (χ0n) is 9.27. The van der Waals surface area contributed by atoms with E-state index in [4.69, 9.17) is 0 Å². The Bertz CT molecular complexity index is 85.8. The van der Waals surface area contributed by atoms with Crippen molar-refractivity contribution in [3.63, 3.8) is 0 Å². The van der Waals surface area contributed by atoms with Crippen LogP contribution in [0.2, 0.25) is 7.96 Å². The zero-order valence-corrected chi connectivity index (χ0v) is 13.8. The summed E-state index contributed by atoms with van der Waals surface area (Å²) >= 11 is -1.33. The van der Waals surface area contributed by atoms with Crippen LogP contribution in [0.3, 0.4) is 0 Å².